The van der Waals surface area contributed by atoms with E-state index in [-0.39, 0.29) is 11.3 Å². The van der Waals surface area contributed by atoms with E-state index in [0.717, 1.165) is 6.07 Å². The summed E-state index contributed by atoms with van der Waals surface area (Å²) in [6.45, 7) is 0. The maximum Gasteiger partial charge on any atom is 0.409 e. The average Bonchev–Trinajstić information content (AvgIpc) is 2.32. The summed E-state index contributed by atoms with van der Waals surface area (Å²) in [7, 11) is 0. The van der Waals surface area contributed by atoms with Crippen molar-refractivity contribution in [2.45, 2.75) is 0 Å². The molecule has 0 spiro atoms. The maximum atomic E-state index is 13.7. The van der Waals surface area contributed by atoms with Crippen LogP contribution < -0.4 is 5.32 Å². The summed E-state index contributed by atoms with van der Waals surface area (Å²) in [5.41, 5.74) is 0.188. The molecule has 0 aliphatic rings. The van der Waals surface area contributed by atoms with Crippen molar-refractivity contribution in [2.24, 2.45) is 0 Å². The Kier molecular flexibility index (Phi) is 3.66. The third-order valence-electron chi connectivity index (χ3n) is 2.42. The molecule has 2 N–H and O–H groups in total. The van der Waals surface area contributed by atoms with Gasteiger partial charge in [0.1, 0.15) is 11.6 Å². The average molecular weight is 284 g/mol. The highest BCUT2D eigenvalue weighted by Crippen LogP contribution is 2.32. The van der Waals surface area contributed by atoms with Gasteiger partial charge in [0, 0.05) is 16.7 Å². The van der Waals surface area contributed by atoms with Crippen molar-refractivity contribution in [1.29, 1.82) is 0 Å². The van der Waals surface area contributed by atoms with Gasteiger partial charge in [-0.1, -0.05) is 23.7 Å². The van der Waals surface area contributed by atoms with Gasteiger partial charge in [0.05, 0.1) is 5.69 Å². The largest absolute Gasteiger partial charge is 0.465 e. The Labute approximate surface area is 112 Å². The zero-order valence-electron chi connectivity index (χ0n) is 9.45. The number of hydrogen-bond donors (Lipinski definition) is 2. The quantitative estimate of drug-likeness (QED) is 0.859. The first kappa shape index (κ1) is 13.3. The second kappa shape index (κ2) is 5.24. The monoisotopic (exact) mass is 283 g/mol. The Morgan fingerprint density at radius 2 is 1.95 bits per heavy atom. The Morgan fingerprint density at radius 1 is 1.21 bits per heavy atom. The van der Waals surface area contributed by atoms with Gasteiger partial charge in [-0.05, 0) is 23.8 Å². The minimum Gasteiger partial charge on any atom is -0.465 e. The Bertz CT molecular complexity index is 647. The van der Waals surface area contributed by atoms with E-state index >= 15 is 0 Å². The number of hydrogen-bond acceptors (Lipinski definition) is 1. The van der Waals surface area contributed by atoms with Crippen LogP contribution in [0.1, 0.15) is 0 Å². The van der Waals surface area contributed by atoms with Crippen molar-refractivity contribution < 1.29 is 18.7 Å². The Balaban J connectivity index is 2.63. The molecule has 0 saturated heterocycles. The van der Waals surface area contributed by atoms with Crippen molar-refractivity contribution >= 4 is 23.4 Å². The van der Waals surface area contributed by atoms with Crippen LogP contribution in [-0.4, -0.2) is 11.2 Å². The lowest BCUT2D eigenvalue weighted by Crippen LogP contribution is -2.10. The number of halogens is 3. The van der Waals surface area contributed by atoms with Gasteiger partial charge in [-0.2, -0.15) is 0 Å². The molecule has 1 amide bonds. The van der Waals surface area contributed by atoms with E-state index in [9.17, 15) is 13.6 Å². The second-order valence-electron chi connectivity index (χ2n) is 3.75. The normalized spacial score (nSPS) is 10.3. The standard InChI is InChI=1S/C13H8ClF2NO2/c14-8-3-1-2-7(4-8)10-5-9(15)6-11(16)12(10)17-13(18)19/h1-6,17H,(H,18,19). The number of nitrogens with one attached hydrogen (secondary N) is 1. The molecule has 0 radical (unpaired) electrons. The zero-order valence-corrected chi connectivity index (χ0v) is 10.2. The molecular weight excluding hydrogens is 276 g/mol. The first-order valence-corrected chi connectivity index (χ1v) is 5.60. The molecule has 2 rings (SSSR count). The van der Waals surface area contributed by atoms with Gasteiger partial charge < -0.3 is 5.11 Å². The van der Waals surface area contributed by atoms with Crippen LogP contribution in [0.4, 0.5) is 19.3 Å². The smallest absolute Gasteiger partial charge is 0.409 e. The van der Waals surface area contributed by atoms with Crippen LogP contribution in [0.3, 0.4) is 0 Å². The van der Waals surface area contributed by atoms with E-state index < -0.39 is 17.7 Å². The van der Waals surface area contributed by atoms with Crippen LogP contribution in [0, 0.1) is 11.6 Å². The molecule has 98 valence electrons. The molecule has 3 nitrogen and oxygen atoms in total. The molecule has 0 atom stereocenters. The van der Waals surface area contributed by atoms with Gasteiger partial charge in [-0.25, -0.2) is 13.6 Å². The third kappa shape index (κ3) is 3.00. The molecular formula is C13H8ClF2NO2. The van der Waals surface area contributed by atoms with Crippen molar-refractivity contribution in [2.75, 3.05) is 5.32 Å². The summed E-state index contributed by atoms with van der Waals surface area (Å²) in [4.78, 5) is 10.7. The fourth-order valence-electron chi connectivity index (χ4n) is 1.69. The summed E-state index contributed by atoms with van der Waals surface area (Å²) < 4.78 is 26.9. The molecule has 0 fully saturated rings. The molecule has 0 bridgehead atoms. The van der Waals surface area contributed by atoms with Gasteiger partial charge in [0.25, 0.3) is 0 Å². The predicted octanol–water partition coefficient (Wildman–Crippen LogP) is 4.38. The van der Waals surface area contributed by atoms with Crippen LogP contribution in [0.25, 0.3) is 11.1 Å². The van der Waals surface area contributed by atoms with E-state index in [2.05, 4.69) is 0 Å². The van der Waals surface area contributed by atoms with E-state index in [1.54, 1.807) is 18.2 Å². The maximum absolute atomic E-state index is 13.7. The van der Waals surface area contributed by atoms with E-state index in [1.165, 1.54) is 6.07 Å². The molecule has 19 heavy (non-hydrogen) atoms. The number of rotatable bonds is 2. The van der Waals surface area contributed by atoms with Crippen LogP contribution in [-0.2, 0) is 0 Å². The summed E-state index contributed by atoms with van der Waals surface area (Å²) in [5.74, 6) is -1.79. The topological polar surface area (TPSA) is 49.3 Å². The van der Waals surface area contributed by atoms with Crippen molar-refractivity contribution in [3.8, 4) is 11.1 Å². The number of carbonyl (C=O) groups is 1. The molecule has 0 saturated carbocycles. The number of amides is 1. The fourth-order valence-corrected chi connectivity index (χ4v) is 1.88. The molecule has 0 aliphatic carbocycles. The molecule has 0 heterocycles. The van der Waals surface area contributed by atoms with Crippen molar-refractivity contribution in [1.82, 2.24) is 0 Å². The molecule has 2 aromatic carbocycles. The number of anilines is 1. The summed E-state index contributed by atoms with van der Waals surface area (Å²) in [6, 6.07) is 7.92. The fraction of sp³-hybridized carbons (Fsp3) is 0. The zero-order chi connectivity index (χ0) is 14.0. The van der Waals surface area contributed by atoms with Crippen molar-refractivity contribution in [3.05, 3.63) is 53.1 Å². The first-order chi connectivity index (χ1) is 8.97. The Hall–Kier alpha value is -2.14. The summed E-state index contributed by atoms with van der Waals surface area (Å²) in [6.07, 6.45) is -1.44. The summed E-state index contributed by atoms with van der Waals surface area (Å²) in [5, 5.41) is 11.0. The van der Waals surface area contributed by atoms with Crippen molar-refractivity contribution in [3.63, 3.8) is 0 Å². The predicted molar refractivity (Wildman–Crippen MR) is 68.5 cm³/mol. The molecule has 0 aliphatic heterocycles. The lowest BCUT2D eigenvalue weighted by molar-refractivity contribution is 0.209. The molecule has 0 aromatic heterocycles. The number of benzene rings is 2. The van der Waals surface area contributed by atoms with E-state index in [1.807, 2.05) is 5.32 Å². The lowest BCUT2D eigenvalue weighted by Gasteiger charge is -2.11. The first-order valence-electron chi connectivity index (χ1n) is 5.22. The van der Waals surface area contributed by atoms with Crippen LogP contribution in [0.2, 0.25) is 5.02 Å². The third-order valence-corrected chi connectivity index (χ3v) is 2.66. The van der Waals surface area contributed by atoms with Crippen LogP contribution in [0.5, 0.6) is 0 Å². The lowest BCUT2D eigenvalue weighted by atomic mass is 10.0. The van der Waals surface area contributed by atoms with Gasteiger partial charge in [-0.3, -0.25) is 5.32 Å². The highest BCUT2D eigenvalue weighted by atomic mass is 35.5. The minimum atomic E-state index is -1.44. The van der Waals surface area contributed by atoms with Gasteiger partial charge >= 0.3 is 6.09 Å². The molecule has 6 heteroatoms. The molecule has 0 unspecified atom stereocenters. The minimum absolute atomic E-state index is 0.0856. The second-order valence-corrected chi connectivity index (χ2v) is 4.19. The SMILES string of the molecule is O=C(O)Nc1c(F)cc(F)cc1-c1cccc(Cl)c1. The van der Waals surface area contributed by atoms with E-state index in [4.69, 9.17) is 16.7 Å². The number of carboxylic acid groups (broad SMARTS) is 1. The Morgan fingerprint density at radius 3 is 2.58 bits per heavy atom. The van der Waals surface area contributed by atoms with Crippen LogP contribution in [0.15, 0.2) is 36.4 Å². The van der Waals surface area contributed by atoms with Crippen LogP contribution >= 0.6 is 11.6 Å². The summed E-state index contributed by atoms with van der Waals surface area (Å²) >= 11 is 5.81. The highest BCUT2D eigenvalue weighted by Gasteiger charge is 2.15. The van der Waals surface area contributed by atoms with Gasteiger partial charge in [0.2, 0.25) is 0 Å². The van der Waals surface area contributed by atoms with Gasteiger partial charge in [0.15, 0.2) is 0 Å². The molecule has 2 aromatic rings. The highest BCUT2D eigenvalue weighted by molar-refractivity contribution is 6.30. The van der Waals surface area contributed by atoms with Gasteiger partial charge in [-0.15, -0.1) is 0 Å². The van der Waals surface area contributed by atoms with E-state index in [0.29, 0.717) is 16.7 Å².